The second-order valence-corrected chi connectivity index (χ2v) is 6.52. The molecule has 0 unspecified atom stereocenters. The van der Waals surface area contributed by atoms with Crippen molar-refractivity contribution in [2.75, 3.05) is 11.3 Å². The molecule has 0 amide bonds. The van der Waals surface area contributed by atoms with E-state index in [1.54, 1.807) is 32.0 Å². The fraction of sp³-hybridized carbons (Fsp3) is 0.333. The van der Waals surface area contributed by atoms with Gasteiger partial charge in [-0.25, -0.2) is 8.42 Å². The second kappa shape index (κ2) is 6.10. The Bertz CT molecular complexity index is 585. The van der Waals surface area contributed by atoms with Crippen LogP contribution in [0.4, 0.5) is 5.69 Å². The van der Waals surface area contributed by atoms with E-state index in [4.69, 9.17) is 16.7 Å². The van der Waals surface area contributed by atoms with Gasteiger partial charge >= 0.3 is 0 Å². The molecule has 0 atom stereocenters. The van der Waals surface area contributed by atoms with Crippen molar-refractivity contribution in [2.45, 2.75) is 19.1 Å². The van der Waals surface area contributed by atoms with Crippen LogP contribution in [0.5, 0.6) is 0 Å². The molecule has 0 radical (unpaired) electrons. The van der Waals surface area contributed by atoms with Gasteiger partial charge in [-0.15, -0.1) is 0 Å². The fourth-order valence-corrected chi connectivity index (χ4v) is 2.01. The zero-order valence-corrected chi connectivity index (χ0v) is 11.6. The van der Waals surface area contributed by atoms with E-state index >= 15 is 0 Å². The van der Waals surface area contributed by atoms with Gasteiger partial charge in [-0.05, 0) is 32.0 Å². The smallest absolute Gasteiger partial charge is 0.235 e. The van der Waals surface area contributed by atoms with E-state index in [1.807, 2.05) is 0 Å². The number of hydrogen-bond acceptors (Lipinski definition) is 3. The van der Waals surface area contributed by atoms with Crippen LogP contribution in [-0.4, -0.2) is 25.4 Å². The summed E-state index contributed by atoms with van der Waals surface area (Å²) in [5.41, 5.74) is 0.787. The number of aliphatic hydroxyl groups is 1. The van der Waals surface area contributed by atoms with Crippen LogP contribution in [0.3, 0.4) is 0 Å². The lowest BCUT2D eigenvalue weighted by Crippen LogP contribution is -2.22. The Hall–Kier alpha value is -1.22. The van der Waals surface area contributed by atoms with E-state index in [0.29, 0.717) is 16.3 Å². The number of nitrogens with one attached hydrogen (secondary N) is 1. The van der Waals surface area contributed by atoms with E-state index < -0.39 is 15.3 Å². The SMILES string of the molecule is CC(C)S(=O)(=O)Nc1ccc(Cl)cc1C#CCO. The molecular formula is C12H14ClNO3S. The Balaban J connectivity index is 3.17. The molecule has 0 aliphatic heterocycles. The third kappa shape index (κ3) is 3.91. The Kier molecular flexibility index (Phi) is 5.03. The topological polar surface area (TPSA) is 66.4 Å². The second-order valence-electron chi connectivity index (χ2n) is 3.85. The summed E-state index contributed by atoms with van der Waals surface area (Å²) in [6.45, 7) is 2.86. The van der Waals surface area contributed by atoms with E-state index in [1.165, 1.54) is 0 Å². The molecule has 0 heterocycles. The Morgan fingerprint density at radius 2 is 2.11 bits per heavy atom. The number of sulfonamides is 1. The first-order chi connectivity index (χ1) is 8.36. The molecule has 1 rings (SSSR count). The van der Waals surface area contributed by atoms with Gasteiger partial charge in [0, 0.05) is 5.02 Å². The molecule has 0 fully saturated rings. The molecular weight excluding hydrogens is 274 g/mol. The molecule has 1 aromatic rings. The molecule has 0 saturated heterocycles. The van der Waals surface area contributed by atoms with Crippen LogP contribution in [0.15, 0.2) is 18.2 Å². The van der Waals surface area contributed by atoms with Crippen molar-refractivity contribution in [1.82, 2.24) is 0 Å². The highest BCUT2D eigenvalue weighted by Gasteiger charge is 2.16. The third-order valence-electron chi connectivity index (χ3n) is 2.16. The quantitative estimate of drug-likeness (QED) is 0.834. The molecule has 6 heteroatoms. The van der Waals surface area contributed by atoms with Crippen molar-refractivity contribution in [2.24, 2.45) is 0 Å². The largest absolute Gasteiger partial charge is 0.384 e. The maximum atomic E-state index is 11.8. The number of anilines is 1. The molecule has 2 N–H and O–H groups in total. The molecule has 0 spiro atoms. The fourth-order valence-electron chi connectivity index (χ4n) is 1.11. The van der Waals surface area contributed by atoms with E-state index in [2.05, 4.69) is 16.6 Å². The zero-order chi connectivity index (χ0) is 13.8. The maximum Gasteiger partial charge on any atom is 0.235 e. The molecule has 0 aliphatic rings. The Morgan fingerprint density at radius 3 is 2.67 bits per heavy atom. The van der Waals surface area contributed by atoms with Crippen molar-refractivity contribution in [1.29, 1.82) is 0 Å². The normalized spacial score (nSPS) is 10.9. The summed E-state index contributed by atoms with van der Waals surface area (Å²) in [4.78, 5) is 0. The molecule has 18 heavy (non-hydrogen) atoms. The van der Waals surface area contributed by atoms with Gasteiger partial charge in [0.15, 0.2) is 0 Å². The summed E-state index contributed by atoms with van der Waals surface area (Å²) in [5.74, 6) is 5.11. The van der Waals surface area contributed by atoms with Crippen LogP contribution in [0.1, 0.15) is 19.4 Å². The molecule has 0 bridgehead atoms. The predicted molar refractivity (Wildman–Crippen MR) is 73.1 cm³/mol. The number of halogens is 1. The van der Waals surface area contributed by atoms with Crippen LogP contribution in [0.25, 0.3) is 0 Å². The van der Waals surface area contributed by atoms with Gasteiger partial charge in [0.25, 0.3) is 0 Å². The minimum atomic E-state index is -3.43. The highest BCUT2D eigenvalue weighted by atomic mass is 35.5. The number of benzene rings is 1. The lowest BCUT2D eigenvalue weighted by molar-refractivity contribution is 0.350. The van der Waals surface area contributed by atoms with Crippen molar-refractivity contribution >= 4 is 27.3 Å². The highest BCUT2D eigenvalue weighted by Crippen LogP contribution is 2.21. The maximum absolute atomic E-state index is 11.8. The summed E-state index contributed by atoms with van der Waals surface area (Å²) in [6.07, 6.45) is 0. The lowest BCUT2D eigenvalue weighted by Gasteiger charge is -2.12. The van der Waals surface area contributed by atoms with E-state index in [9.17, 15) is 8.42 Å². The summed E-state index contributed by atoms with van der Waals surface area (Å²) in [6, 6.07) is 4.66. The zero-order valence-electron chi connectivity index (χ0n) is 10.1. The van der Waals surface area contributed by atoms with Crippen LogP contribution in [-0.2, 0) is 10.0 Å². The van der Waals surface area contributed by atoms with Gasteiger partial charge in [0.2, 0.25) is 10.0 Å². The monoisotopic (exact) mass is 287 g/mol. The van der Waals surface area contributed by atoms with Crippen LogP contribution < -0.4 is 4.72 Å². The molecule has 0 aliphatic carbocycles. The summed E-state index contributed by atoms with van der Waals surface area (Å²) >= 11 is 5.82. The van der Waals surface area contributed by atoms with Crippen molar-refractivity contribution in [3.05, 3.63) is 28.8 Å². The standard InChI is InChI=1S/C12H14ClNO3S/c1-9(2)18(16,17)14-12-6-5-11(13)8-10(12)4-3-7-15/h5-6,8-9,14-15H,7H2,1-2H3. The molecule has 1 aromatic carbocycles. The average Bonchev–Trinajstić information content (AvgIpc) is 2.29. The molecule has 4 nitrogen and oxygen atoms in total. The number of hydrogen-bond donors (Lipinski definition) is 2. The lowest BCUT2D eigenvalue weighted by atomic mass is 10.2. The van der Waals surface area contributed by atoms with E-state index in [0.717, 1.165) is 0 Å². The van der Waals surface area contributed by atoms with Crippen molar-refractivity contribution in [3.8, 4) is 11.8 Å². The predicted octanol–water partition coefficient (Wildman–Crippen LogP) is 1.83. The molecule has 0 aromatic heterocycles. The van der Waals surface area contributed by atoms with Gasteiger partial charge in [0.1, 0.15) is 6.61 Å². The van der Waals surface area contributed by atoms with Crippen molar-refractivity contribution in [3.63, 3.8) is 0 Å². The van der Waals surface area contributed by atoms with Gasteiger partial charge in [-0.2, -0.15) is 0 Å². The van der Waals surface area contributed by atoms with Gasteiger partial charge in [-0.3, -0.25) is 4.72 Å². The molecule has 0 saturated carbocycles. The number of rotatable bonds is 3. The van der Waals surface area contributed by atoms with Gasteiger partial charge < -0.3 is 5.11 Å². The first-order valence-electron chi connectivity index (χ1n) is 5.27. The first-order valence-corrected chi connectivity index (χ1v) is 7.20. The van der Waals surface area contributed by atoms with Gasteiger partial charge in [-0.1, -0.05) is 23.4 Å². The Labute approximate surface area is 112 Å². The first kappa shape index (κ1) is 14.8. The summed E-state index contributed by atoms with van der Waals surface area (Å²) in [5, 5.41) is 8.56. The summed E-state index contributed by atoms with van der Waals surface area (Å²) in [7, 11) is -3.43. The summed E-state index contributed by atoms with van der Waals surface area (Å²) < 4.78 is 26.0. The minimum absolute atomic E-state index is 0.303. The van der Waals surface area contributed by atoms with Crippen molar-refractivity contribution < 1.29 is 13.5 Å². The molecule has 98 valence electrons. The van der Waals surface area contributed by atoms with E-state index in [-0.39, 0.29) is 6.61 Å². The highest BCUT2D eigenvalue weighted by molar-refractivity contribution is 7.93. The number of aliphatic hydroxyl groups excluding tert-OH is 1. The van der Waals surface area contributed by atoms with Crippen LogP contribution >= 0.6 is 11.6 Å². The minimum Gasteiger partial charge on any atom is -0.384 e. The van der Waals surface area contributed by atoms with Crippen LogP contribution in [0, 0.1) is 11.8 Å². The van der Waals surface area contributed by atoms with Crippen LogP contribution in [0.2, 0.25) is 5.02 Å². The third-order valence-corrected chi connectivity index (χ3v) is 4.14. The van der Waals surface area contributed by atoms with Gasteiger partial charge in [0.05, 0.1) is 16.5 Å². The Morgan fingerprint density at radius 1 is 1.44 bits per heavy atom. The average molecular weight is 288 g/mol.